The first kappa shape index (κ1) is 13.3. The average molecular weight is 273 g/mol. The second-order valence-corrected chi connectivity index (χ2v) is 4.43. The molecule has 1 heterocycles. The van der Waals surface area contributed by atoms with Gasteiger partial charge in [-0.25, -0.2) is 4.98 Å². The predicted molar refractivity (Wildman–Crippen MR) is 77.4 cm³/mol. The first-order chi connectivity index (χ1) is 9.10. The van der Waals surface area contributed by atoms with Gasteiger partial charge >= 0.3 is 0 Å². The lowest BCUT2D eigenvalue weighted by molar-refractivity contribution is 0.414. The number of aryl methyl sites for hydroxylation is 1. The van der Waals surface area contributed by atoms with E-state index in [4.69, 9.17) is 22.1 Å². The summed E-state index contributed by atoms with van der Waals surface area (Å²) in [6, 6.07) is 7.45. The van der Waals surface area contributed by atoms with Crippen LogP contribution < -0.4 is 10.5 Å². The third-order valence-corrected chi connectivity index (χ3v) is 2.95. The Kier molecular flexibility index (Phi) is 3.94. The van der Waals surface area contributed by atoms with Crippen LogP contribution in [0.1, 0.15) is 16.7 Å². The van der Waals surface area contributed by atoms with Crippen LogP contribution in [0, 0.1) is 18.8 Å². The zero-order valence-electron chi connectivity index (χ0n) is 10.7. The molecule has 0 aliphatic heterocycles. The van der Waals surface area contributed by atoms with Gasteiger partial charge in [0.25, 0.3) is 0 Å². The molecule has 0 fully saturated rings. The third kappa shape index (κ3) is 3.18. The predicted octanol–water partition coefficient (Wildman–Crippen LogP) is 3.03. The smallest absolute Gasteiger partial charge is 0.142 e. The molecular weight excluding hydrogens is 260 g/mol. The highest BCUT2D eigenvalue weighted by Gasteiger charge is 1.99. The van der Waals surface area contributed by atoms with Crippen LogP contribution in [0.4, 0.5) is 5.82 Å². The topological polar surface area (TPSA) is 48.1 Å². The van der Waals surface area contributed by atoms with E-state index in [1.807, 2.05) is 25.1 Å². The minimum absolute atomic E-state index is 0.313. The molecule has 0 unspecified atom stereocenters. The van der Waals surface area contributed by atoms with Crippen molar-refractivity contribution in [3.63, 3.8) is 0 Å². The molecule has 2 N–H and O–H groups in total. The fourth-order valence-electron chi connectivity index (χ4n) is 1.56. The number of anilines is 1. The molecule has 0 saturated heterocycles. The quantitative estimate of drug-likeness (QED) is 0.812. The van der Waals surface area contributed by atoms with Crippen LogP contribution in [-0.2, 0) is 0 Å². The van der Waals surface area contributed by atoms with Gasteiger partial charge in [-0.3, -0.25) is 0 Å². The third-order valence-electron chi connectivity index (χ3n) is 2.64. The molecule has 3 nitrogen and oxygen atoms in total. The molecule has 0 spiro atoms. The Hall–Kier alpha value is -2.18. The van der Waals surface area contributed by atoms with Crippen molar-refractivity contribution in [2.45, 2.75) is 6.92 Å². The van der Waals surface area contributed by atoms with Gasteiger partial charge in [0.2, 0.25) is 0 Å². The van der Waals surface area contributed by atoms with E-state index in [0.29, 0.717) is 10.8 Å². The zero-order chi connectivity index (χ0) is 13.8. The Balaban J connectivity index is 2.31. The molecule has 0 aliphatic carbocycles. The molecule has 19 heavy (non-hydrogen) atoms. The van der Waals surface area contributed by atoms with Gasteiger partial charge < -0.3 is 10.5 Å². The lowest BCUT2D eigenvalue weighted by Crippen LogP contribution is -1.91. The summed E-state index contributed by atoms with van der Waals surface area (Å²) < 4.78 is 5.15. The van der Waals surface area contributed by atoms with E-state index in [9.17, 15) is 0 Å². The lowest BCUT2D eigenvalue weighted by Gasteiger charge is -2.02. The number of pyridine rings is 1. The summed E-state index contributed by atoms with van der Waals surface area (Å²) in [5.41, 5.74) is 8.27. The van der Waals surface area contributed by atoms with E-state index in [-0.39, 0.29) is 0 Å². The normalized spacial score (nSPS) is 9.63. The number of aromatic nitrogens is 1. The van der Waals surface area contributed by atoms with Gasteiger partial charge in [-0.1, -0.05) is 23.4 Å². The highest BCUT2D eigenvalue weighted by Crippen LogP contribution is 2.17. The maximum atomic E-state index is 5.89. The standard InChI is InChI=1S/C15H13ClN2O/c1-10-7-13(19-2)6-5-12(10)4-3-11-8-14(16)15(17)18-9-11/h5-9H,1-2H3,(H2,17,18). The Morgan fingerprint density at radius 1 is 1.26 bits per heavy atom. The number of rotatable bonds is 1. The summed E-state index contributed by atoms with van der Waals surface area (Å²) >= 11 is 5.89. The minimum atomic E-state index is 0.313. The number of methoxy groups -OCH3 is 1. The van der Waals surface area contributed by atoms with Crippen LogP contribution in [0.5, 0.6) is 5.75 Å². The number of nitrogens with two attached hydrogens (primary N) is 1. The van der Waals surface area contributed by atoms with Crippen molar-refractivity contribution in [1.29, 1.82) is 0 Å². The van der Waals surface area contributed by atoms with E-state index >= 15 is 0 Å². The van der Waals surface area contributed by atoms with Crippen molar-refractivity contribution >= 4 is 17.4 Å². The Morgan fingerprint density at radius 3 is 2.68 bits per heavy atom. The second-order valence-electron chi connectivity index (χ2n) is 4.02. The molecule has 0 amide bonds. The molecule has 1 aromatic heterocycles. The van der Waals surface area contributed by atoms with Crippen molar-refractivity contribution in [3.8, 4) is 17.6 Å². The summed E-state index contributed by atoms with van der Waals surface area (Å²) in [4.78, 5) is 3.96. The van der Waals surface area contributed by atoms with E-state index < -0.39 is 0 Å². The molecule has 0 saturated carbocycles. The maximum absolute atomic E-state index is 5.89. The Bertz CT molecular complexity index is 672. The van der Waals surface area contributed by atoms with Crippen LogP contribution >= 0.6 is 11.6 Å². The van der Waals surface area contributed by atoms with Gasteiger partial charge in [-0.2, -0.15) is 0 Å². The van der Waals surface area contributed by atoms with Crippen molar-refractivity contribution in [2.24, 2.45) is 0 Å². The summed E-state index contributed by atoms with van der Waals surface area (Å²) in [6.45, 7) is 1.99. The number of hydrogen-bond acceptors (Lipinski definition) is 3. The molecule has 0 bridgehead atoms. The first-order valence-corrected chi connectivity index (χ1v) is 6.05. The van der Waals surface area contributed by atoms with Crippen LogP contribution in [0.3, 0.4) is 0 Å². The summed E-state index contributed by atoms with van der Waals surface area (Å²) in [5.74, 6) is 7.23. The molecule has 2 rings (SSSR count). The van der Waals surface area contributed by atoms with Crippen molar-refractivity contribution < 1.29 is 4.74 Å². The van der Waals surface area contributed by atoms with Gasteiger partial charge in [0.1, 0.15) is 11.6 Å². The molecule has 0 atom stereocenters. The molecular formula is C15H13ClN2O. The Morgan fingerprint density at radius 2 is 2.05 bits per heavy atom. The van der Waals surface area contributed by atoms with E-state index in [1.54, 1.807) is 19.4 Å². The number of hydrogen-bond donors (Lipinski definition) is 1. The average Bonchev–Trinajstić information content (AvgIpc) is 2.41. The fourth-order valence-corrected chi connectivity index (χ4v) is 1.73. The SMILES string of the molecule is COc1ccc(C#Cc2cnc(N)c(Cl)c2)c(C)c1. The number of ether oxygens (including phenoxy) is 1. The highest BCUT2D eigenvalue weighted by molar-refractivity contribution is 6.32. The van der Waals surface area contributed by atoms with E-state index in [2.05, 4.69) is 16.8 Å². The van der Waals surface area contributed by atoms with Crippen molar-refractivity contribution in [1.82, 2.24) is 4.98 Å². The van der Waals surface area contributed by atoms with Crippen LogP contribution in [0.2, 0.25) is 5.02 Å². The van der Waals surface area contributed by atoms with Gasteiger partial charge in [0.15, 0.2) is 0 Å². The van der Waals surface area contributed by atoms with E-state index in [1.165, 1.54) is 0 Å². The Labute approximate surface area is 117 Å². The summed E-state index contributed by atoms with van der Waals surface area (Å²) in [7, 11) is 1.64. The van der Waals surface area contributed by atoms with Crippen molar-refractivity contribution in [2.75, 3.05) is 12.8 Å². The van der Waals surface area contributed by atoms with Gasteiger partial charge in [0.05, 0.1) is 12.1 Å². The monoisotopic (exact) mass is 272 g/mol. The van der Waals surface area contributed by atoms with Crippen LogP contribution in [0.15, 0.2) is 30.5 Å². The van der Waals surface area contributed by atoms with Gasteiger partial charge in [0, 0.05) is 17.3 Å². The number of halogens is 1. The molecule has 4 heteroatoms. The lowest BCUT2D eigenvalue weighted by atomic mass is 10.1. The van der Waals surface area contributed by atoms with Gasteiger partial charge in [-0.15, -0.1) is 0 Å². The molecule has 2 aromatic rings. The summed E-state index contributed by atoms with van der Waals surface area (Å²) in [6.07, 6.45) is 1.60. The number of nitrogens with zero attached hydrogens (tertiary/aromatic N) is 1. The number of benzene rings is 1. The summed E-state index contributed by atoms with van der Waals surface area (Å²) in [5, 5.41) is 0.415. The maximum Gasteiger partial charge on any atom is 0.142 e. The molecule has 96 valence electrons. The molecule has 0 aliphatic rings. The van der Waals surface area contributed by atoms with Crippen LogP contribution in [0.25, 0.3) is 0 Å². The zero-order valence-corrected chi connectivity index (χ0v) is 11.5. The van der Waals surface area contributed by atoms with Crippen LogP contribution in [-0.4, -0.2) is 12.1 Å². The fraction of sp³-hybridized carbons (Fsp3) is 0.133. The minimum Gasteiger partial charge on any atom is -0.497 e. The van der Waals surface area contributed by atoms with Crippen molar-refractivity contribution in [3.05, 3.63) is 52.2 Å². The van der Waals surface area contributed by atoms with E-state index in [0.717, 1.165) is 22.4 Å². The largest absolute Gasteiger partial charge is 0.497 e. The molecule has 0 radical (unpaired) electrons. The first-order valence-electron chi connectivity index (χ1n) is 5.68. The second kappa shape index (κ2) is 5.64. The highest BCUT2D eigenvalue weighted by atomic mass is 35.5. The molecule has 1 aromatic carbocycles. The number of nitrogen functional groups attached to an aromatic ring is 1. The van der Waals surface area contributed by atoms with Gasteiger partial charge in [-0.05, 0) is 36.8 Å².